The fourth-order valence-corrected chi connectivity index (χ4v) is 3.73. The Morgan fingerprint density at radius 2 is 2.00 bits per heavy atom. The molecule has 2 atom stereocenters. The average Bonchev–Trinajstić information content (AvgIpc) is 2.82. The molecule has 1 aromatic rings. The molecule has 1 heterocycles. The van der Waals surface area contributed by atoms with Gasteiger partial charge in [-0.15, -0.1) is 0 Å². The van der Waals surface area contributed by atoms with E-state index >= 15 is 0 Å². The highest BCUT2D eigenvalue weighted by molar-refractivity contribution is 5.29. The molecule has 1 aromatic heterocycles. The third kappa shape index (κ3) is 2.18. The van der Waals surface area contributed by atoms with Gasteiger partial charge in [0.2, 0.25) is 0 Å². The summed E-state index contributed by atoms with van der Waals surface area (Å²) in [4.78, 5) is 4.51. The summed E-state index contributed by atoms with van der Waals surface area (Å²) >= 11 is 0. The van der Waals surface area contributed by atoms with Crippen molar-refractivity contribution in [2.45, 2.75) is 57.5 Å². The molecule has 2 aliphatic carbocycles. The van der Waals surface area contributed by atoms with Crippen LogP contribution in [0.2, 0.25) is 0 Å². The van der Waals surface area contributed by atoms with E-state index in [-0.39, 0.29) is 6.10 Å². The second-order valence-electron chi connectivity index (χ2n) is 6.20. The van der Waals surface area contributed by atoms with Gasteiger partial charge in [-0.3, -0.25) is 4.98 Å². The van der Waals surface area contributed by atoms with Gasteiger partial charge in [0, 0.05) is 17.8 Å². The molecule has 1 saturated carbocycles. The molecule has 0 saturated heterocycles. The summed E-state index contributed by atoms with van der Waals surface area (Å²) in [6.45, 7) is 2.33. The fourth-order valence-electron chi connectivity index (χ4n) is 3.73. The normalized spacial score (nSPS) is 33.1. The number of rotatable bonds is 2. The molecule has 0 radical (unpaired) electrons. The van der Waals surface area contributed by atoms with Crippen molar-refractivity contribution in [3.05, 3.63) is 29.6 Å². The van der Waals surface area contributed by atoms with E-state index in [0.29, 0.717) is 11.8 Å². The lowest BCUT2D eigenvalue weighted by Gasteiger charge is -2.32. The second kappa shape index (κ2) is 5.00. The van der Waals surface area contributed by atoms with Gasteiger partial charge in [0.25, 0.3) is 0 Å². The van der Waals surface area contributed by atoms with Gasteiger partial charge in [-0.1, -0.05) is 25.8 Å². The molecule has 0 aliphatic heterocycles. The molecule has 1 fully saturated rings. The highest BCUT2D eigenvalue weighted by atomic mass is 16.3. The molecule has 2 unspecified atom stereocenters. The van der Waals surface area contributed by atoms with Crippen LogP contribution in [-0.2, 0) is 6.42 Å². The highest BCUT2D eigenvalue weighted by Gasteiger charge is 2.35. The molecule has 0 amide bonds. The van der Waals surface area contributed by atoms with Crippen molar-refractivity contribution in [3.63, 3.8) is 0 Å². The third-order valence-electron chi connectivity index (χ3n) is 4.96. The molecule has 2 heteroatoms. The minimum absolute atomic E-state index is 0.173. The third-order valence-corrected chi connectivity index (χ3v) is 4.96. The first-order chi connectivity index (χ1) is 8.75. The van der Waals surface area contributed by atoms with Gasteiger partial charge < -0.3 is 5.11 Å². The molecule has 0 spiro atoms. The van der Waals surface area contributed by atoms with Crippen LogP contribution in [0.5, 0.6) is 0 Å². The number of hydrogen-bond donors (Lipinski definition) is 1. The van der Waals surface area contributed by atoms with Crippen molar-refractivity contribution < 1.29 is 5.11 Å². The smallest absolute Gasteiger partial charge is 0.0652 e. The maximum absolute atomic E-state index is 10.7. The van der Waals surface area contributed by atoms with E-state index in [9.17, 15) is 5.11 Å². The molecule has 2 aliphatic rings. The molecule has 18 heavy (non-hydrogen) atoms. The van der Waals surface area contributed by atoms with E-state index in [0.717, 1.165) is 18.8 Å². The van der Waals surface area contributed by atoms with Crippen molar-refractivity contribution in [3.8, 4) is 0 Å². The SMILES string of the molecule is CC1CCC(C(O)C2CCc3cccnc32)CC1. The summed E-state index contributed by atoms with van der Waals surface area (Å²) in [5, 5.41) is 10.7. The second-order valence-corrected chi connectivity index (χ2v) is 6.20. The van der Waals surface area contributed by atoms with Gasteiger partial charge in [0.05, 0.1) is 6.10 Å². The number of aromatic nitrogens is 1. The first-order valence-electron chi connectivity index (χ1n) is 7.37. The summed E-state index contributed by atoms with van der Waals surface area (Å²) in [5.41, 5.74) is 2.52. The zero-order valence-corrected chi connectivity index (χ0v) is 11.2. The summed E-state index contributed by atoms with van der Waals surface area (Å²) in [6, 6.07) is 4.17. The van der Waals surface area contributed by atoms with Crippen molar-refractivity contribution in [1.29, 1.82) is 0 Å². The van der Waals surface area contributed by atoms with E-state index in [1.165, 1.54) is 36.9 Å². The van der Waals surface area contributed by atoms with Gasteiger partial charge in [-0.05, 0) is 49.1 Å². The molecular formula is C16H23NO. The lowest BCUT2D eigenvalue weighted by atomic mass is 9.76. The standard InChI is InChI=1S/C16H23NO/c1-11-4-6-13(7-5-11)16(18)14-9-8-12-3-2-10-17-15(12)14/h2-3,10-11,13-14,16,18H,4-9H2,1H3. The predicted molar refractivity (Wildman–Crippen MR) is 72.4 cm³/mol. The van der Waals surface area contributed by atoms with E-state index in [4.69, 9.17) is 0 Å². The van der Waals surface area contributed by atoms with Crippen LogP contribution >= 0.6 is 0 Å². The number of hydrogen-bond acceptors (Lipinski definition) is 2. The number of aliphatic hydroxyl groups is 1. The molecule has 0 bridgehead atoms. The van der Waals surface area contributed by atoms with Crippen molar-refractivity contribution in [2.24, 2.45) is 11.8 Å². The number of aliphatic hydroxyl groups excluding tert-OH is 1. The van der Waals surface area contributed by atoms with Gasteiger partial charge in [0.1, 0.15) is 0 Å². The summed E-state index contributed by atoms with van der Waals surface area (Å²) in [7, 11) is 0. The van der Waals surface area contributed by atoms with Crippen LogP contribution in [0.25, 0.3) is 0 Å². The minimum atomic E-state index is -0.173. The Morgan fingerprint density at radius 3 is 2.78 bits per heavy atom. The van der Waals surface area contributed by atoms with Crippen LogP contribution in [0.4, 0.5) is 0 Å². The van der Waals surface area contributed by atoms with E-state index < -0.39 is 0 Å². The Balaban J connectivity index is 1.72. The maximum Gasteiger partial charge on any atom is 0.0652 e. The number of aryl methyl sites for hydroxylation is 1. The highest BCUT2D eigenvalue weighted by Crippen LogP contribution is 2.40. The lowest BCUT2D eigenvalue weighted by Crippen LogP contribution is -2.30. The van der Waals surface area contributed by atoms with Crippen LogP contribution in [0.1, 0.15) is 56.2 Å². The monoisotopic (exact) mass is 245 g/mol. The molecular weight excluding hydrogens is 222 g/mol. The van der Waals surface area contributed by atoms with Crippen molar-refractivity contribution in [2.75, 3.05) is 0 Å². The summed E-state index contributed by atoms with van der Waals surface area (Å²) in [6.07, 6.45) is 8.82. The van der Waals surface area contributed by atoms with Gasteiger partial charge in [-0.2, -0.15) is 0 Å². The fraction of sp³-hybridized carbons (Fsp3) is 0.688. The minimum Gasteiger partial charge on any atom is -0.392 e. The zero-order valence-electron chi connectivity index (χ0n) is 11.2. The van der Waals surface area contributed by atoms with Crippen LogP contribution in [0.15, 0.2) is 18.3 Å². The van der Waals surface area contributed by atoms with Gasteiger partial charge >= 0.3 is 0 Å². The first-order valence-corrected chi connectivity index (χ1v) is 7.37. The Morgan fingerprint density at radius 1 is 1.22 bits per heavy atom. The maximum atomic E-state index is 10.7. The lowest BCUT2D eigenvalue weighted by molar-refractivity contribution is 0.0521. The Kier molecular flexibility index (Phi) is 3.38. The molecule has 2 nitrogen and oxygen atoms in total. The van der Waals surface area contributed by atoms with E-state index in [1.54, 1.807) is 0 Å². The van der Waals surface area contributed by atoms with Crippen LogP contribution in [0.3, 0.4) is 0 Å². The number of pyridine rings is 1. The Bertz CT molecular complexity index is 409. The molecule has 3 rings (SSSR count). The van der Waals surface area contributed by atoms with Crippen molar-refractivity contribution in [1.82, 2.24) is 4.98 Å². The zero-order chi connectivity index (χ0) is 12.5. The topological polar surface area (TPSA) is 33.1 Å². The van der Waals surface area contributed by atoms with Crippen LogP contribution in [-0.4, -0.2) is 16.2 Å². The summed E-state index contributed by atoms with van der Waals surface area (Å²) < 4.78 is 0. The summed E-state index contributed by atoms with van der Waals surface area (Å²) in [5.74, 6) is 1.64. The largest absolute Gasteiger partial charge is 0.392 e. The number of fused-ring (bicyclic) bond motifs is 1. The molecule has 1 N–H and O–H groups in total. The van der Waals surface area contributed by atoms with Gasteiger partial charge in [0.15, 0.2) is 0 Å². The average molecular weight is 245 g/mol. The molecule has 98 valence electrons. The van der Waals surface area contributed by atoms with E-state index in [2.05, 4.69) is 18.0 Å². The van der Waals surface area contributed by atoms with Crippen LogP contribution < -0.4 is 0 Å². The first kappa shape index (κ1) is 12.2. The predicted octanol–water partition coefficient (Wildman–Crippen LogP) is 3.30. The number of nitrogens with zero attached hydrogens (tertiary/aromatic N) is 1. The Hall–Kier alpha value is -0.890. The molecule has 0 aromatic carbocycles. The van der Waals surface area contributed by atoms with E-state index in [1.807, 2.05) is 12.3 Å². The van der Waals surface area contributed by atoms with Crippen LogP contribution in [0, 0.1) is 11.8 Å². The van der Waals surface area contributed by atoms with Gasteiger partial charge in [-0.25, -0.2) is 0 Å². The van der Waals surface area contributed by atoms with Crippen molar-refractivity contribution >= 4 is 0 Å². The Labute approximate surface area is 109 Å². The quantitative estimate of drug-likeness (QED) is 0.867.